The molecule has 1 unspecified atom stereocenters. The van der Waals surface area contributed by atoms with E-state index in [9.17, 15) is 5.11 Å². The highest BCUT2D eigenvalue weighted by molar-refractivity contribution is 4.70. The molecule has 1 aliphatic heterocycles. The maximum atomic E-state index is 9.58. The largest absolute Gasteiger partial charge is 0.393 e. The van der Waals surface area contributed by atoms with Gasteiger partial charge in [-0.1, -0.05) is 6.92 Å². The highest BCUT2D eigenvalue weighted by Gasteiger charge is 2.14. The molecule has 3 N–H and O–H groups in total. The lowest BCUT2D eigenvalue weighted by molar-refractivity contribution is 0.137. The molecule has 0 aromatic carbocycles. The number of aliphatic hydroxyl groups is 1. The molecule has 1 rings (SSSR count). The maximum absolute atomic E-state index is 9.58. The molecule has 102 valence electrons. The zero-order chi connectivity index (χ0) is 12.5. The number of aliphatic hydroxyl groups excluding tert-OH is 1. The molecule has 0 aromatic heterocycles. The van der Waals surface area contributed by atoms with Crippen molar-refractivity contribution in [2.45, 2.75) is 38.7 Å². The van der Waals surface area contributed by atoms with Gasteiger partial charge in [0, 0.05) is 19.6 Å². The first-order valence-electron chi connectivity index (χ1n) is 7.09. The Kier molecular flexibility index (Phi) is 7.77. The Labute approximate surface area is 106 Å². The molecule has 0 aromatic rings. The lowest BCUT2D eigenvalue weighted by Crippen LogP contribution is -2.33. The van der Waals surface area contributed by atoms with Crippen LogP contribution in [0.4, 0.5) is 0 Å². The SMILES string of the molecule is CCC(O)CCN1CCCN(CCCN)CC1. The maximum Gasteiger partial charge on any atom is 0.0549 e. The molecular formula is C13H29N3O. The summed E-state index contributed by atoms with van der Waals surface area (Å²) in [6.07, 6.45) is 4.02. The van der Waals surface area contributed by atoms with Gasteiger partial charge in [0.05, 0.1) is 6.10 Å². The molecular weight excluding hydrogens is 214 g/mol. The summed E-state index contributed by atoms with van der Waals surface area (Å²) in [5.41, 5.74) is 5.54. The van der Waals surface area contributed by atoms with Crippen molar-refractivity contribution < 1.29 is 5.11 Å². The third-order valence-corrected chi connectivity index (χ3v) is 3.61. The van der Waals surface area contributed by atoms with E-state index in [1.807, 2.05) is 6.92 Å². The fourth-order valence-corrected chi connectivity index (χ4v) is 2.32. The van der Waals surface area contributed by atoms with Crippen LogP contribution in [0.5, 0.6) is 0 Å². The lowest BCUT2D eigenvalue weighted by Gasteiger charge is -2.22. The van der Waals surface area contributed by atoms with Crippen LogP contribution in [0.3, 0.4) is 0 Å². The highest BCUT2D eigenvalue weighted by atomic mass is 16.3. The Morgan fingerprint density at radius 2 is 1.76 bits per heavy atom. The molecule has 0 bridgehead atoms. The molecule has 0 aliphatic carbocycles. The minimum Gasteiger partial charge on any atom is -0.393 e. The van der Waals surface area contributed by atoms with E-state index in [-0.39, 0.29) is 6.10 Å². The number of nitrogens with zero attached hydrogens (tertiary/aromatic N) is 2. The summed E-state index contributed by atoms with van der Waals surface area (Å²) in [5.74, 6) is 0. The number of hydrogen-bond donors (Lipinski definition) is 2. The molecule has 4 heteroatoms. The second-order valence-electron chi connectivity index (χ2n) is 5.03. The second-order valence-corrected chi connectivity index (χ2v) is 5.03. The van der Waals surface area contributed by atoms with E-state index in [1.165, 1.54) is 19.5 Å². The predicted octanol–water partition coefficient (Wildman–Crippen LogP) is 0.504. The van der Waals surface area contributed by atoms with Crippen molar-refractivity contribution in [3.8, 4) is 0 Å². The highest BCUT2D eigenvalue weighted by Crippen LogP contribution is 2.06. The number of rotatable bonds is 7. The van der Waals surface area contributed by atoms with Crippen LogP contribution in [-0.2, 0) is 0 Å². The molecule has 1 atom stereocenters. The second kappa shape index (κ2) is 8.86. The smallest absolute Gasteiger partial charge is 0.0549 e. The minimum absolute atomic E-state index is 0.119. The van der Waals surface area contributed by atoms with Crippen molar-refractivity contribution in [3.05, 3.63) is 0 Å². The van der Waals surface area contributed by atoms with Crippen LogP contribution in [0.1, 0.15) is 32.6 Å². The van der Waals surface area contributed by atoms with Crippen LogP contribution in [-0.4, -0.2) is 66.8 Å². The summed E-state index contributed by atoms with van der Waals surface area (Å²) < 4.78 is 0. The molecule has 1 fully saturated rings. The summed E-state index contributed by atoms with van der Waals surface area (Å²) in [7, 11) is 0. The van der Waals surface area contributed by atoms with Crippen LogP contribution >= 0.6 is 0 Å². The van der Waals surface area contributed by atoms with Crippen molar-refractivity contribution in [2.24, 2.45) is 5.73 Å². The normalized spacial score (nSPS) is 21.4. The molecule has 0 radical (unpaired) electrons. The monoisotopic (exact) mass is 243 g/mol. The van der Waals surface area contributed by atoms with Gasteiger partial charge in [-0.15, -0.1) is 0 Å². The van der Waals surface area contributed by atoms with Crippen LogP contribution in [0.2, 0.25) is 0 Å². The van der Waals surface area contributed by atoms with Crippen molar-refractivity contribution >= 4 is 0 Å². The Morgan fingerprint density at radius 3 is 2.35 bits per heavy atom. The van der Waals surface area contributed by atoms with Gasteiger partial charge in [0.25, 0.3) is 0 Å². The van der Waals surface area contributed by atoms with Gasteiger partial charge in [-0.05, 0) is 51.9 Å². The van der Waals surface area contributed by atoms with Crippen molar-refractivity contribution in [3.63, 3.8) is 0 Å². The summed E-state index contributed by atoms with van der Waals surface area (Å²) in [4.78, 5) is 5.00. The molecule has 0 spiro atoms. The first-order chi connectivity index (χ1) is 8.26. The van der Waals surface area contributed by atoms with Gasteiger partial charge in [-0.25, -0.2) is 0 Å². The third-order valence-electron chi connectivity index (χ3n) is 3.61. The molecule has 1 heterocycles. The van der Waals surface area contributed by atoms with Gasteiger partial charge in [0.2, 0.25) is 0 Å². The van der Waals surface area contributed by atoms with Gasteiger partial charge in [0.15, 0.2) is 0 Å². The standard InChI is InChI=1S/C13H29N3O/c1-2-13(17)5-10-16-9-4-8-15(11-12-16)7-3-6-14/h13,17H,2-12,14H2,1H3. The van der Waals surface area contributed by atoms with Crippen LogP contribution in [0, 0.1) is 0 Å². The minimum atomic E-state index is -0.119. The van der Waals surface area contributed by atoms with E-state index >= 15 is 0 Å². The Bertz CT molecular complexity index is 190. The van der Waals surface area contributed by atoms with Crippen LogP contribution in [0.25, 0.3) is 0 Å². The van der Waals surface area contributed by atoms with Crippen LogP contribution in [0.15, 0.2) is 0 Å². The Hall–Kier alpha value is -0.160. The quantitative estimate of drug-likeness (QED) is 0.684. The zero-order valence-corrected chi connectivity index (χ0v) is 11.3. The van der Waals surface area contributed by atoms with Gasteiger partial charge >= 0.3 is 0 Å². The van der Waals surface area contributed by atoms with E-state index in [4.69, 9.17) is 5.73 Å². The predicted molar refractivity (Wildman–Crippen MR) is 72.1 cm³/mol. The van der Waals surface area contributed by atoms with E-state index in [2.05, 4.69) is 9.80 Å². The van der Waals surface area contributed by atoms with Crippen molar-refractivity contribution in [1.82, 2.24) is 9.80 Å². The summed E-state index contributed by atoms with van der Waals surface area (Å²) in [6.45, 7) is 9.69. The fraction of sp³-hybridized carbons (Fsp3) is 1.00. The molecule has 0 amide bonds. The first kappa shape index (κ1) is 14.9. The first-order valence-corrected chi connectivity index (χ1v) is 7.09. The molecule has 17 heavy (non-hydrogen) atoms. The van der Waals surface area contributed by atoms with Crippen molar-refractivity contribution in [1.29, 1.82) is 0 Å². The lowest BCUT2D eigenvalue weighted by atomic mass is 10.2. The topological polar surface area (TPSA) is 52.7 Å². The Morgan fingerprint density at radius 1 is 1.12 bits per heavy atom. The molecule has 0 saturated carbocycles. The summed E-state index contributed by atoms with van der Waals surface area (Å²) in [6, 6.07) is 0. The van der Waals surface area contributed by atoms with Crippen molar-refractivity contribution in [2.75, 3.05) is 45.8 Å². The van der Waals surface area contributed by atoms with E-state index in [0.717, 1.165) is 52.0 Å². The Balaban J connectivity index is 2.18. The number of nitrogens with two attached hydrogens (primary N) is 1. The zero-order valence-electron chi connectivity index (χ0n) is 11.3. The van der Waals surface area contributed by atoms with Crippen LogP contribution < -0.4 is 5.73 Å². The van der Waals surface area contributed by atoms with E-state index in [1.54, 1.807) is 0 Å². The summed E-state index contributed by atoms with van der Waals surface area (Å²) >= 11 is 0. The fourth-order valence-electron chi connectivity index (χ4n) is 2.32. The molecule has 1 aliphatic rings. The van der Waals surface area contributed by atoms with Gasteiger partial charge < -0.3 is 20.6 Å². The summed E-state index contributed by atoms with van der Waals surface area (Å²) in [5, 5.41) is 9.58. The number of hydrogen-bond acceptors (Lipinski definition) is 4. The van der Waals surface area contributed by atoms with Gasteiger partial charge in [0.1, 0.15) is 0 Å². The van der Waals surface area contributed by atoms with E-state index < -0.39 is 0 Å². The third kappa shape index (κ3) is 6.36. The van der Waals surface area contributed by atoms with Gasteiger partial charge in [-0.2, -0.15) is 0 Å². The average molecular weight is 243 g/mol. The average Bonchev–Trinajstić information content (AvgIpc) is 2.58. The molecule has 4 nitrogen and oxygen atoms in total. The molecule has 1 saturated heterocycles. The van der Waals surface area contributed by atoms with E-state index in [0.29, 0.717) is 0 Å². The van der Waals surface area contributed by atoms with Gasteiger partial charge in [-0.3, -0.25) is 0 Å².